The topological polar surface area (TPSA) is 64.5 Å². The molecule has 0 amide bonds. The van der Waals surface area contributed by atoms with Gasteiger partial charge in [0, 0.05) is 4.90 Å². The fourth-order valence-electron chi connectivity index (χ4n) is 1.55. The molecule has 2 aromatic rings. The summed E-state index contributed by atoms with van der Waals surface area (Å²) in [6.45, 7) is 0. The van der Waals surface area contributed by atoms with Crippen LogP contribution in [0.1, 0.15) is 15.9 Å². The summed E-state index contributed by atoms with van der Waals surface area (Å²) in [7, 11) is 0. The van der Waals surface area contributed by atoms with Crippen LogP contribution < -0.4 is 10.5 Å². The molecular weight excluding hydrogens is 272 g/mol. The lowest BCUT2D eigenvalue weighted by molar-refractivity contribution is -0.255. The summed E-state index contributed by atoms with van der Waals surface area (Å²) < 4.78 is 0. The number of carbonyl (C=O) groups is 1. The van der Waals surface area contributed by atoms with Crippen LogP contribution in [0, 0.1) is 0 Å². The van der Waals surface area contributed by atoms with Crippen LogP contribution in [0.15, 0.2) is 58.5 Å². The highest BCUT2D eigenvalue weighted by atomic mass is 32.2. The highest BCUT2D eigenvalue weighted by molar-refractivity contribution is 7.98. The summed E-state index contributed by atoms with van der Waals surface area (Å²) in [5, 5.41) is 14.7. The standard InChI is InChI=1S/C15H14N2O2S/c1-20-14-8-2-11(3-9-14)10-16-17-13-6-4-12(5-7-13)15(18)19/h2-10,17H,1H3,(H,18,19)/p-1/b16-10-. The Balaban J connectivity index is 1.96. The lowest BCUT2D eigenvalue weighted by Crippen LogP contribution is -2.21. The molecule has 0 fully saturated rings. The first-order valence-corrected chi connectivity index (χ1v) is 7.16. The molecule has 0 spiro atoms. The molecule has 4 nitrogen and oxygen atoms in total. The van der Waals surface area contributed by atoms with Gasteiger partial charge in [0.05, 0.1) is 17.9 Å². The molecule has 20 heavy (non-hydrogen) atoms. The fourth-order valence-corrected chi connectivity index (χ4v) is 1.96. The maximum Gasteiger partial charge on any atom is 0.0715 e. The molecule has 102 valence electrons. The van der Waals surface area contributed by atoms with E-state index >= 15 is 0 Å². The highest BCUT2D eigenvalue weighted by Gasteiger charge is 1.94. The molecule has 5 heteroatoms. The maximum absolute atomic E-state index is 10.6. The minimum Gasteiger partial charge on any atom is -0.545 e. The zero-order valence-corrected chi connectivity index (χ0v) is 11.7. The van der Waals surface area contributed by atoms with Gasteiger partial charge in [-0.05, 0) is 41.6 Å². The molecule has 0 aliphatic carbocycles. The van der Waals surface area contributed by atoms with Gasteiger partial charge in [0.1, 0.15) is 0 Å². The van der Waals surface area contributed by atoms with Crippen molar-refractivity contribution in [3.63, 3.8) is 0 Å². The molecule has 0 aromatic heterocycles. The van der Waals surface area contributed by atoms with Crippen LogP contribution in [0.25, 0.3) is 0 Å². The molecule has 0 radical (unpaired) electrons. The van der Waals surface area contributed by atoms with E-state index in [9.17, 15) is 9.90 Å². The van der Waals surface area contributed by atoms with Crippen LogP contribution in [0.5, 0.6) is 0 Å². The van der Waals surface area contributed by atoms with Crippen LogP contribution in [0.2, 0.25) is 0 Å². The van der Waals surface area contributed by atoms with E-state index < -0.39 is 5.97 Å². The Bertz CT molecular complexity index is 607. The van der Waals surface area contributed by atoms with E-state index in [2.05, 4.69) is 10.5 Å². The van der Waals surface area contributed by atoms with E-state index in [0.717, 1.165) is 5.56 Å². The number of nitrogens with zero attached hydrogens (tertiary/aromatic N) is 1. The Morgan fingerprint density at radius 1 is 1.15 bits per heavy atom. The van der Waals surface area contributed by atoms with E-state index in [0.29, 0.717) is 5.69 Å². The molecule has 2 rings (SSSR count). The maximum atomic E-state index is 10.6. The number of hydrazone groups is 1. The number of rotatable bonds is 5. The van der Waals surface area contributed by atoms with Crippen LogP contribution in [0.4, 0.5) is 5.69 Å². The van der Waals surface area contributed by atoms with Crippen molar-refractivity contribution in [1.82, 2.24) is 0 Å². The average Bonchev–Trinajstić information content (AvgIpc) is 2.48. The summed E-state index contributed by atoms with van der Waals surface area (Å²) in [6, 6.07) is 14.2. The van der Waals surface area contributed by atoms with Gasteiger partial charge < -0.3 is 9.90 Å². The van der Waals surface area contributed by atoms with Gasteiger partial charge in [-0.2, -0.15) is 5.10 Å². The molecule has 2 aromatic carbocycles. The van der Waals surface area contributed by atoms with E-state index in [1.165, 1.54) is 17.0 Å². The summed E-state index contributed by atoms with van der Waals surface area (Å²) in [5.74, 6) is -1.19. The number of aromatic carboxylic acids is 1. The Kier molecular flexibility index (Phi) is 4.79. The van der Waals surface area contributed by atoms with Gasteiger partial charge in [0.15, 0.2) is 0 Å². The van der Waals surface area contributed by atoms with Gasteiger partial charge >= 0.3 is 0 Å². The van der Waals surface area contributed by atoms with Gasteiger partial charge in [0.2, 0.25) is 0 Å². The zero-order chi connectivity index (χ0) is 14.4. The average molecular weight is 285 g/mol. The van der Waals surface area contributed by atoms with Crippen molar-refractivity contribution in [2.75, 3.05) is 11.7 Å². The first kappa shape index (κ1) is 14.1. The van der Waals surface area contributed by atoms with Gasteiger partial charge in [-0.25, -0.2) is 0 Å². The number of carbonyl (C=O) groups excluding carboxylic acids is 1. The number of hydrogen-bond donors (Lipinski definition) is 1. The second-order valence-electron chi connectivity index (χ2n) is 4.01. The van der Waals surface area contributed by atoms with Gasteiger partial charge in [-0.3, -0.25) is 5.43 Å². The van der Waals surface area contributed by atoms with E-state index in [4.69, 9.17) is 0 Å². The molecule has 0 saturated carbocycles. The Hall–Kier alpha value is -2.27. The number of hydrogen-bond acceptors (Lipinski definition) is 5. The molecule has 0 aliphatic rings. The van der Waals surface area contributed by atoms with Crippen molar-refractivity contribution >= 4 is 29.6 Å². The molecular formula is C15H13N2O2S-. The zero-order valence-electron chi connectivity index (χ0n) is 10.9. The third-order valence-corrected chi connectivity index (χ3v) is 3.39. The Labute approximate surface area is 121 Å². The second-order valence-corrected chi connectivity index (χ2v) is 4.89. The SMILES string of the molecule is CSc1ccc(/C=N\Nc2ccc(C(=O)[O-])cc2)cc1. The number of thioether (sulfide) groups is 1. The Morgan fingerprint density at radius 3 is 2.35 bits per heavy atom. The fraction of sp³-hybridized carbons (Fsp3) is 0.0667. The largest absolute Gasteiger partial charge is 0.545 e. The van der Waals surface area contributed by atoms with Crippen molar-refractivity contribution in [2.24, 2.45) is 5.10 Å². The molecule has 1 N–H and O–H groups in total. The predicted octanol–water partition coefficient (Wildman–Crippen LogP) is 2.22. The number of nitrogens with one attached hydrogen (secondary N) is 1. The van der Waals surface area contributed by atoms with Crippen molar-refractivity contribution in [1.29, 1.82) is 0 Å². The van der Waals surface area contributed by atoms with E-state index in [-0.39, 0.29) is 5.56 Å². The first-order chi connectivity index (χ1) is 9.69. The van der Waals surface area contributed by atoms with Crippen molar-refractivity contribution in [2.45, 2.75) is 4.90 Å². The van der Waals surface area contributed by atoms with Crippen LogP contribution in [-0.4, -0.2) is 18.4 Å². The van der Waals surface area contributed by atoms with Crippen molar-refractivity contribution in [3.8, 4) is 0 Å². The summed E-state index contributed by atoms with van der Waals surface area (Å²) in [5.41, 5.74) is 4.69. The van der Waals surface area contributed by atoms with Gasteiger partial charge in [-0.1, -0.05) is 24.3 Å². The van der Waals surface area contributed by atoms with Crippen LogP contribution in [-0.2, 0) is 0 Å². The predicted molar refractivity (Wildman–Crippen MR) is 80.2 cm³/mol. The third kappa shape index (κ3) is 3.86. The normalized spacial score (nSPS) is 10.7. The highest BCUT2D eigenvalue weighted by Crippen LogP contribution is 2.14. The van der Waals surface area contributed by atoms with Gasteiger partial charge in [-0.15, -0.1) is 11.8 Å². The molecule has 0 aliphatic heterocycles. The van der Waals surface area contributed by atoms with E-state index in [1.807, 2.05) is 30.5 Å². The number of anilines is 1. The lowest BCUT2D eigenvalue weighted by atomic mass is 10.2. The van der Waals surface area contributed by atoms with Gasteiger partial charge in [0.25, 0.3) is 0 Å². The number of carboxylic acids is 1. The summed E-state index contributed by atoms with van der Waals surface area (Å²) in [6.07, 6.45) is 3.73. The lowest BCUT2D eigenvalue weighted by Gasteiger charge is -2.04. The molecule has 0 heterocycles. The quantitative estimate of drug-likeness (QED) is 0.520. The minimum atomic E-state index is -1.19. The minimum absolute atomic E-state index is 0.146. The second kappa shape index (κ2) is 6.77. The van der Waals surface area contributed by atoms with Crippen molar-refractivity contribution in [3.05, 3.63) is 59.7 Å². The molecule has 0 saturated heterocycles. The smallest absolute Gasteiger partial charge is 0.0715 e. The summed E-state index contributed by atoms with van der Waals surface area (Å²) >= 11 is 1.69. The first-order valence-electron chi connectivity index (χ1n) is 5.93. The van der Waals surface area contributed by atoms with E-state index in [1.54, 1.807) is 30.1 Å². The molecule has 0 bridgehead atoms. The van der Waals surface area contributed by atoms with Crippen LogP contribution >= 0.6 is 11.8 Å². The third-order valence-electron chi connectivity index (χ3n) is 2.64. The molecule has 0 atom stereocenters. The van der Waals surface area contributed by atoms with Crippen molar-refractivity contribution < 1.29 is 9.90 Å². The van der Waals surface area contributed by atoms with Crippen LogP contribution in [0.3, 0.4) is 0 Å². The number of carboxylic acid groups (broad SMARTS) is 1. The monoisotopic (exact) mass is 285 g/mol. The number of benzene rings is 2. The Morgan fingerprint density at radius 2 is 1.80 bits per heavy atom. The molecule has 0 unspecified atom stereocenters. The summed E-state index contributed by atoms with van der Waals surface area (Å²) in [4.78, 5) is 11.8.